The van der Waals surface area contributed by atoms with E-state index in [0.29, 0.717) is 23.7 Å². The zero-order chi connectivity index (χ0) is 27.4. The number of carbonyl (C=O) groups is 2. The van der Waals surface area contributed by atoms with Gasteiger partial charge >= 0.3 is 0 Å². The topological polar surface area (TPSA) is 58.4 Å². The standard InChI is InChI=1S/C33H42N4O2/c1-4-15-36-16-11-28(12-17-36)32(38)21-30-20-29(6-5-24(30)2)33(39)37-18-13-27(14-19-37)25-7-9-26(10-8-25)31-22-34-35(3)23-31/h5-10,20,22-23,27-28H,4,11-19,21H2,1-3H3. The van der Waals surface area contributed by atoms with Gasteiger partial charge in [-0.3, -0.25) is 14.3 Å². The Kier molecular flexibility index (Phi) is 8.61. The predicted molar refractivity (Wildman–Crippen MR) is 156 cm³/mol. The van der Waals surface area contributed by atoms with Crippen LogP contribution >= 0.6 is 0 Å². The second-order valence-corrected chi connectivity index (χ2v) is 11.5. The van der Waals surface area contributed by atoms with E-state index >= 15 is 0 Å². The molecule has 0 radical (unpaired) electrons. The molecular weight excluding hydrogens is 484 g/mol. The SMILES string of the molecule is CCCN1CCC(C(=O)Cc2cc(C(=O)N3CCC(c4ccc(-c5cnn(C)c5)cc4)CC3)ccc2C)CC1. The van der Waals surface area contributed by atoms with E-state index in [-0.39, 0.29) is 11.8 Å². The molecule has 39 heavy (non-hydrogen) atoms. The summed E-state index contributed by atoms with van der Waals surface area (Å²) in [5.41, 5.74) is 6.45. The highest BCUT2D eigenvalue weighted by atomic mass is 16.2. The minimum absolute atomic E-state index is 0.0851. The fourth-order valence-corrected chi connectivity index (χ4v) is 6.24. The van der Waals surface area contributed by atoms with Crippen molar-refractivity contribution in [1.82, 2.24) is 19.6 Å². The fraction of sp³-hybridized carbons (Fsp3) is 0.485. The van der Waals surface area contributed by atoms with Gasteiger partial charge in [-0.15, -0.1) is 0 Å². The molecule has 6 heteroatoms. The third kappa shape index (κ3) is 6.50. The van der Waals surface area contributed by atoms with Crippen LogP contribution in [0.5, 0.6) is 0 Å². The smallest absolute Gasteiger partial charge is 0.253 e. The van der Waals surface area contributed by atoms with Gasteiger partial charge in [-0.05, 0) is 99.0 Å². The lowest BCUT2D eigenvalue weighted by Gasteiger charge is -2.32. The summed E-state index contributed by atoms with van der Waals surface area (Å²) in [7, 11) is 1.93. The molecule has 2 fully saturated rings. The molecular formula is C33H42N4O2. The Morgan fingerprint density at radius 2 is 1.64 bits per heavy atom. The number of ketones is 1. The maximum absolute atomic E-state index is 13.4. The maximum atomic E-state index is 13.4. The van der Waals surface area contributed by atoms with Gasteiger partial charge in [0, 0.05) is 49.8 Å². The van der Waals surface area contributed by atoms with E-state index in [2.05, 4.69) is 41.2 Å². The van der Waals surface area contributed by atoms with Crippen molar-refractivity contribution in [2.24, 2.45) is 13.0 Å². The van der Waals surface area contributed by atoms with E-state index in [0.717, 1.165) is 81.5 Å². The van der Waals surface area contributed by atoms with Crippen molar-refractivity contribution in [1.29, 1.82) is 0 Å². The summed E-state index contributed by atoms with van der Waals surface area (Å²) < 4.78 is 1.82. The molecule has 0 unspecified atom stereocenters. The molecule has 3 aromatic rings. The lowest BCUT2D eigenvalue weighted by molar-refractivity contribution is -0.123. The molecule has 3 heterocycles. The summed E-state index contributed by atoms with van der Waals surface area (Å²) in [5.74, 6) is 1.03. The summed E-state index contributed by atoms with van der Waals surface area (Å²) in [6.07, 6.45) is 9.36. The number of likely N-dealkylation sites (tertiary alicyclic amines) is 2. The summed E-state index contributed by atoms with van der Waals surface area (Å²) in [5, 5.41) is 4.27. The minimum Gasteiger partial charge on any atom is -0.339 e. The molecule has 0 spiro atoms. The predicted octanol–water partition coefficient (Wildman–Crippen LogP) is 5.65. The van der Waals surface area contributed by atoms with E-state index in [1.165, 1.54) is 11.1 Å². The van der Waals surface area contributed by atoms with Crippen molar-refractivity contribution in [2.45, 2.75) is 58.3 Å². The fourth-order valence-electron chi connectivity index (χ4n) is 6.24. The number of nitrogens with zero attached hydrogens (tertiary/aromatic N) is 4. The molecule has 0 bridgehead atoms. The van der Waals surface area contributed by atoms with Gasteiger partial charge in [-0.1, -0.05) is 37.3 Å². The number of aryl methyl sites for hydroxylation is 2. The number of amides is 1. The highest BCUT2D eigenvalue weighted by Gasteiger charge is 2.27. The minimum atomic E-state index is 0.0851. The molecule has 2 aliphatic rings. The van der Waals surface area contributed by atoms with Crippen molar-refractivity contribution in [3.63, 3.8) is 0 Å². The molecule has 2 aromatic carbocycles. The molecule has 1 aromatic heterocycles. The van der Waals surface area contributed by atoms with Gasteiger partial charge in [0.1, 0.15) is 5.78 Å². The summed E-state index contributed by atoms with van der Waals surface area (Å²) in [6, 6.07) is 14.7. The number of Topliss-reactive ketones (excluding diaryl/α,β-unsaturated/α-hetero) is 1. The highest BCUT2D eigenvalue weighted by Crippen LogP contribution is 2.31. The number of carbonyl (C=O) groups excluding carboxylic acids is 2. The first kappa shape index (κ1) is 27.3. The Labute approximate surface area is 233 Å². The van der Waals surface area contributed by atoms with Crippen LogP contribution in [0.15, 0.2) is 54.9 Å². The number of aromatic nitrogens is 2. The summed E-state index contributed by atoms with van der Waals surface area (Å²) >= 11 is 0. The van der Waals surface area contributed by atoms with Gasteiger partial charge in [0.15, 0.2) is 0 Å². The Morgan fingerprint density at radius 1 is 0.923 bits per heavy atom. The van der Waals surface area contributed by atoms with Gasteiger partial charge < -0.3 is 9.80 Å². The van der Waals surface area contributed by atoms with E-state index in [9.17, 15) is 9.59 Å². The van der Waals surface area contributed by atoms with Crippen LogP contribution in [-0.4, -0.2) is 64.0 Å². The van der Waals surface area contributed by atoms with Crippen LogP contribution in [0.25, 0.3) is 11.1 Å². The summed E-state index contributed by atoms with van der Waals surface area (Å²) in [6.45, 7) is 8.93. The van der Waals surface area contributed by atoms with Crippen LogP contribution in [0.2, 0.25) is 0 Å². The van der Waals surface area contributed by atoms with Crippen LogP contribution in [0.1, 0.15) is 72.0 Å². The third-order valence-electron chi connectivity index (χ3n) is 8.75. The van der Waals surface area contributed by atoms with Crippen molar-refractivity contribution < 1.29 is 9.59 Å². The number of piperidine rings is 2. The monoisotopic (exact) mass is 526 g/mol. The molecule has 0 aliphatic carbocycles. The Hall–Kier alpha value is -3.25. The molecule has 6 nitrogen and oxygen atoms in total. The van der Waals surface area contributed by atoms with Gasteiger partial charge in [-0.2, -0.15) is 5.10 Å². The van der Waals surface area contributed by atoms with Gasteiger partial charge in [0.05, 0.1) is 6.20 Å². The third-order valence-corrected chi connectivity index (χ3v) is 8.75. The second-order valence-electron chi connectivity index (χ2n) is 11.5. The molecule has 0 atom stereocenters. The molecule has 0 N–H and O–H groups in total. The lowest BCUT2D eigenvalue weighted by atomic mass is 9.87. The van der Waals surface area contributed by atoms with Gasteiger partial charge in [-0.25, -0.2) is 0 Å². The van der Waals surface area contributed by atoms with Crippen LogP contribution in [0.4, 0.5) is 0 Å². The average Bonchev–Trinajstić information content (AvgIpc) is 3.41. The lowest BCUT2D eigenvalue weighted by Crippen LogP contribution is -2.38. The van der Waals surface area contributed by atoms with Crippen LogP contribution in [0.3, 0.4) is 0 Å². The molecule has 2 saturated heterocycles. The molecule has 1 amide bonds. The Balaban J connectivity index is 1.16. The van der Waals surface area contributed by atoms with Crippen molar-refractivity contribution >= 4 is 11.7 Å². The molecule has 0 saturated carbocycles. The first-order valence-corrected chi connectivity index (χ1v) is 14.6. The van der Waals surface area contributed by atoms with E-state index in [4.69, 9.17) is 0 Å². The number of benzene rings is 2. The van der Waals surface area contributed by atoms with E-state index in [1.807, 2.05) is 54.1 Å². The summed E-state index contributed by atoms with van der Waals surface area (Å²) in [4.78, 5) is 31.0. The molecule has 2 aliphatic heterocycles. The molecule has 206 valence electrons. The maximum Gasteiger partial charge on any atom is 0.253 e. The van der Waals surface area contributed by atoms with Crippen LogP contribution < -0.4 is 0 Å². The van der Waals surface area contributed by atoms with Crippen molar-refractivity contribution in [2.75, 3.05) is 32.7 Å². The Morgan fingerprint density at radius 3 is 2.28 bits per heavy atom. The zero-order valence-electron chi connectivity index (χ0n) is 23.7. The quantitative estimate of drug-likeness (QED) is 0.381. The zero-order valence-corrected chi connectivity index (χ0v) is 23.7. The first-order valence-electron chi connectivity index (χ1n) is 14.6. The normalized spacial score (nSPS) is 17.5. The Bertz CT molecular complexity index is 1280. The highest BCUT2D eigenvalue weighted by molar-refractivity contribution is 5.95. The van der Waals surface area contributed by atoms with Gasteiger partial charge in [0.25, 0.3) is 5.91 Å². The van der Waals surface area contributed by atoms with E-state index < -0.39 is 0 Å². The van der Waals surface area contributed by atoms with Crippen molar-refractivity contribution in [3.8, 4) is 11.1 Å². The first-order chi connectivity index (χ1) is 18.9. The van der Waals surface area contributed by atoms with Crippen LogP contribution in [0, 0.1) is 12.8 Å². The van der Waals surface area contributed by atoms with E-state index in [1.54, 1.807) is 0 Å². The largest absolute Gasteiger partial charge is 0.339 e. The number of rotatable bonds is 8. The molecule has 5 rings (SSSR count). The van der Waals surface area contributed by atoms with Crippen molar-refractivity contribution in [3.05, 3.63) is 77.1 Å². The second kappa shape index (κ2) is 12.3. The average molecular weight is 527 g/mol. The number of hydrogen-bond donors (Lipinski definition) is 0. The van der Waals surface area contributed by atoms with Crippen LogP contribution in [-0.2, 0) is 18.3 Å². The van der Waals surface area contributed by atoms with Gasteiger partial charge in [0.2, 0.25) is 0 Å². The number of hydrogen-bond acceptors (Lipinski definition) is 4.